The van der Waals surface area contributed by atoms with E-state index in [4.69, 9.17) is 0 Å². The molecule has 0 bridgehead atoms. The van der Waals surface area contributed by atoms with Crippen molar-refractivity contribution in [1.29, 1.82) is 0 Å². The van der Waals surface area contributed by atoms with E-state index in [1.54, 1.807) is 22.4 Å². The van der Waals surface area contributed by atoms with Crippen molar-refractivity contribution in [2.24, 2.45) is 0 Å². The standard InChI is InChI=1S/C21H24N4OS/c1-24(21(26)23-19-3-2-4-20-18(19)9-12-27-20)13-16-5-7-17(8-6-16)14-25-11-10-22-15-25/h5-12,15,19H,2-4,13-14H2,1H3,(H,23,26). The van der Waals surface area contributed by atoms with E-state index in [9.17, 15) is 4.79 Å². The van der Waals surface area contributed by atoms with E-state index in [-0.39, 0.29) is 12.1 Å². The van der Waals surface area contributed by atoms with Crippen LogP contribution < -0.4 is 5.32 Å². The van der Waals surface area contributed by atoms with Crippen molar-refractivity contribution < 1.29 is 4.79 Å². The van der Waals surface area contributed by atoms with Gasteiger partial charge in [-0.1, -0.05) is 24.3 Å². The number of carbonyl (C=O) groups excluding carboxylic acids is 1. The zero-order valence-electron chi connectivity index (χ0n) is 15.5. The summed E-state index contributed by atoms with van der Waals surface area (Å²) >= 11 is 1.80. The van der Waals surface area contributed by atoms with Gasteiger partial charge in [0.1, 0.15) is 0 Å². The molecule has 2 amide bonds. The Kier molecular flexibility index (Phi) is 5.25. The van der Waals surface area contributed by atoms with Crippen LogP contribution in [0, 0.1) is 0 Å². The molecule has 27 heavy (non-hydrogen) atoms. The van der Waals surface area contributed by atoms with Crippen LogP contribution in [0.2, 0.25) is 0 Å². The van der Waals surface area contributed by atoms with Crippen LogP contribution in [0.25, 0.3) is 0 Å². The van der Waals surface area contributed by atoms with Crippen LogP contribution in [-0.4, -0.2) is 27.5 Å². The smallest absolute Gasteiger partial charge is 0.317 e. The normalized spacial score (nSPS) is 16.0. The van der Waals surface area contributed by atoms with Gasteiger partial charge in [-0.3, -0.25) is 0 Å². The van der Waals surface area contributed by atoms with Gasteiger partial charge in [-0.15, -0.1) is 11.3 Å². The number of hydrogen-bond acceptors (Lipinski definition) is 3. The molecule has 3 aromatic rings. The highest BCUT2D eigenvalue weighted by Gasteiger charge is 2.23. The molecule has 1 aliphatic rings. The van der Waals surface area contributed by atoms with E-state index in [0.29, 0.717) is 6.54 Å². The molecule has 5 nitrogen and oxygen atoms in total. The summed E-state index contributed by atoms with van der Waals surface area (Å²) in [5.41, 5.74) is 3.65. The number of aryl methyl sites for hydroxylation is 1. The number of benzene rings is 1. The van der Waals surface area contributed by atoms with E-state index in [1.165, 1.54) is 16.0 Å². The van der Waals surface area contributed by atoms with Gasteiger partial charge in [0.15, 0.2) is 0 Å². The Morgan fingerprint density at radius 2 is 2.11 bits per heavy atom. The molecule has 4 rings (SSSR count). The lowest BCUT2D eigenvalue weighted by molar-refractivity contribution is 0.201. The first-order valence-electron chi connectivity index (χ1n) is 9.30. The summed E-state index contributed by atoms with van der Waals surface area (Å²) in [4.78, 5) is 19.9. The first-order chi connectivity index (χ1) is 13.2. The number of hydrogen-bond donors (Lipinski definition) is 1. The molecule has 0 radical (unpaired) electrons. The zero-order valence-corrected chi connectivity index (χ0v) is 16.3. The molecular weight excluding hydrogens is 356 g/mol. The van der Waals surface area contributed by atoms with Crippen LogP contribution in [0.4, 0.5) is 4.79 Å². The number of fused-ring (bicyclic) bond motifs is 1. The first kappa shape index (κ1) is 17.8. The maximum absolute atomic E-state index is 12.6. The summed E-state index contributed by atoms with van der Waals surface area (Å²) in [5, 5.41) is 5.33. The van der Waals surface area contributed by atoms with Gasteiger partial charge in [-0.2, -0.15) is 0 Å². The Morgan fingerprint density at radius 3 is 2.89 bits per heavy atom. The van der Waals surface area contributed by atoms with Gasteiger partial charge < -0.3 is 14.8 Å². The fraction of sp³-hybridized carbons (Fsp3) is 0.333. The molecule has 0 aliphatic heterocycles. The van der Waals surface area contributed by atoms with Crippen molar-refractivity contribution >= 4 is 17.4 Å². The number of imidazole rings is 1. The lowest BCUT2D eigenvalue weighted by Crippen LogP contribution is -2.39. The molecule has 1 aliphatic carbocycles. The molecule has 2 heterocycles. The van der Waals surface area contributed by atoms with Gasteiger partial charge in [0.05, 0.1) is 12.4 Å². The first-order valence-corrected chi connectivity index (χ1v) is 10.2. The van der Waals surface area contributed by atoms with Gasteiger partial charge in [0, 0.05) is 37.4 Å². The van der Waals surface area contributed by atoms with Crippen LogP contribution >= 0.6 is 11.3 Å². The number of nitrogens with zero attached hydrogens (tertiary/aromatic N) is 3. The maximum Gasteiger partial charge on any atom is 0.317 e. The van der Waals surface area contributed by atoms with Crippen LogP contribution in [0.15, 0.2) is 54.4 Å². The molecule has 1 atom stereocenters. The number of rotatable bonds is 5. The fourth-order valence-corrected chi connectivity index (χ4v) is 4.57. The minimum Gasteiger partial charge on any atom is -0.333 e. The molecule has 6 heteroatoms. The van der Waals surface area contributed by atoms with Crippen LogP contribution in [0.1, 0.15) is 40.5 Å². The van der Waals surface area contributed by atoms with Crippen LogP contribution in [0.5, 0.6) is 0 Å². The molecule has 0 spiro atoms. The Morgan fingerprint density at radius 1 is 1.30 bits per heavy atom. The minimum atomic E-state index is -0.0125. The van der Waals surface area contributed by atoms with Crippen molar-refractivity contribution in [3.05, 3.63) is 76.0 Å². The summed E-state index contributed by atoms with van der Waals surface area (Å²) in [5.74, 6) is 0. The monoisotopic (exact) mass is 380 g/mol. The number of thiophene rings is 1. The fourth-order valence-electron chi connectivity index (χ4n) is 3.58. The van der Waals surface area contributed by atoms with E-state index in [0.717, 1.165) is 31.4 Å². The molecule has 0 saturated carbocycles. The van der Waals surface area contributed by atoms with Crippen molar-refractivity contribution in [1.82, 2.24) is 19.8 Å². The number of amides is 2. The maximum atomic E-state index is 12.6. The Hall–Kier alpha value is -2.60. The molecule has 1 N–H and O–H groups in total. The third-order valence-corrected chi connectivity index (χ3v) is 6.06. The number of urea groups is 1. The van der Waals surface area contributed by atoms with E-state index in [1.807, 2.05) is 24.1 Å². The molecule has 0 fully saturated rings. The molecule has 140 valence electrons. The van der Waals surface area contributed by atoms with E-state index in [2.05, 4.69) is 46.0 Å². The average molecular weight is 381 g/mol. The largest absolute Gasteiger partial charge is 0.333 e. The second kappa shape index (κ2) is 7.96. The van der Waals surface area contributed by atoms with Gasteiger partial charge >= 0.3 is 6.03 Å². The average Bonchev–Trinajstić information content (AvgIpc) is 3.35. The van der Waals surface area contributed by atoms with E-state index >= 15 is 0 Å². The third-order valence-electron chi connectivity index (χ3n) is 5.06. The molecule has 0 saturated heterocycles. The topological polar surface area (TPSA) is 50.2 Å². The second-order valence-corrected chi connectivity index (χ2v) is 8.10. The molecule has 1 unspecified atom stereocenters. The van der Waals surface area contributed by atoms with Crippen molar-refractivity contribution in [3.8, 4) is 0 Å². The lowest BCUT2D eigenvalue weighted by Gasteiger charge is -2.27. The summed E-state index contributed by atoms with van der Waals surface area (Å²) in [6, 6.07) is 10.7. The number of aromatic nitrogens is 2. The SMILES string of the molecule is CN(Cc1ccc(Cn2ccnc2)cc1)C(=O)NC1CCCc2sccc21. The van der Waals surface area contributed by atoms with Gasteiger partial charge in [0.2, 0.25) is 0 Å². The predicted octanol–water partition coefficient (Wildman–Crippen LogP) is 4.21. The van der Waals surface area contributed by atoms with E-state index < -0.39 is 0 Å². The van der Waals surface area contributed by atoms with Gasteiger partial charge in [-0.05, 0) is 47.4 Å². The summed E-state index contributed by atoms with van der Waals surface area (Å²) < 4.78 is 2.04. The van der Waals surface area contributed by atoms with Crippen LogP contribution in [-0.2, 0) is 19.5 Å². The predicted molar refractivity (Wildman–Crippen MR) is 108 cm³/mol. The third kappa shape index (κ3) is 4.22. The van der Waals surface area contributed by atoms with Crippen molar-refractivity contribution in [2.75, 3.05) is 7.05 Å². The Balaban J connectivity index is 1.33. The Labute approximate surface area is 163 Å². The quantitative estimate of drug-likeness (QED) is 0.721. The lowest BCUT2D eigenvalue weighted by atomic mass is 9.94. The minimum absolute atomic E-state index is 0.0125. The Bertz CT molecular complexity index is 885. The van der Waals surface area contributed by atoms with Gasteiger partial charge in [-0.25, -0.2) is 9.78 Å². The van der Waals surface area contributed by atoms with Crippen molar-refractivity contribution in [2.45, 2.75) is 38.4 Å². The summed E-state index contributed by atoms with van der Waals surface area (Å²) in [7, 11) is 1.85. The highest BCUT2D eigenvalue weighted by atomic mass is 32.1. The summed E-state index contributed by atoms with van der Waals surface area (Å²) in [6.45, 7) is 1.40. The zero-order chi connectivity index (χ0) is 18.6. The van der Waals surface area contributed by atoms with Crippen LogP contribution in [0.3, 0.4) is 0 Å². The molecular formula is C21H24N4OS. The van der Waals surface area contributed by atoms with Crippen molar-refractivity contribution in [3.63, 3.8) is 0 Å². The number of nitrogens with one attached hydrogen (secondary N) is 1. The van der Waals surface area contributed by atoms with Gasteiger partial charge in [0.25, 0.3) is 0 Å². The molecule has 2 aromatic heterocycles. The highest BCUT2D eigenvalue weighted by Crippen LogP contribution is 2.33. The number of carbonyl (C=O) groups is 1. The summed E-state index contributed by atoms with van der Waals surface area (Å²) in [6.07, 6.45) is 8.85. The second-order valence-electron chi connectivity index (χ2n) is 7.10. The molecule has 1 aromatic carbocycles. The highest BCUT2D eigenvalue weighted by molar-refractivity contribution is 7.10.